The lowest BCUT2D eigenvalue weighted by atomic mass is 9.79. The predicted molar refractivity (Wildman–Crippen MR) is 330 cm³/mol. The van der Waals surface area contributed by atoms with Crippen LogP contribution in [0.2, 0.25) is 0 Å². The Balaban J connectivity index is 1.15. The van der Waals surface area contributed by atoms with Crippen molar-refractivity contribution in [2.75, 3.05) is 4.90 Å². The summed E-state index contributed by atoms with van der Waals surface area (Å²) in [7, 11) is 0. The first-order chi connectivity index (χ1) is 36.2. The quantitative estimate of drug-likeness (QED) is 0.145. The van der Waals surface area contributed by atoms with Crippen LogP contribution in [0.25, 0.3) is 93.2 Å². The van der Waals surface area contributed by atoms with Crippen molar-refractivity contribution < 1.29 is 0 Å². The van der Waals surface area contributed by atoms with Crippen molar-refractivity contribution in [2.45, 2.75) is 105 Å². The van der Waals surface area contributed by atoms with E-state index in [1.54, 1.807) is 0 Å². The summed E-state index contributed by atoms with van der Waals surface area (Å²) >= 11 is 0. The van der Waals surface area contributed by atoms with Gasteiger partial charge in [-0.15, -0.1) is 0 Å². The van der Waals surface area contributed by atoms with Gasteiger partial charge < -0.3 is 9.47 Å². The summed E-state index contributed by atoms with van der Waals surface area (Å²) in [5.74, 6) is 0. The smallest absolute Gasteiger partial charge is 0.0618 e. The molecule has 2 nitrogen and oxygen atoms in total. The molecule has 0 aliphatic rings. The van der Waals surface area contributed by atoms with Gasteiger partial charge in [0, 0.05) is 38.4 Å². The van der Waals surface area contributed by atoms with E-state index >= 15 is 0 Å². The molecule has 0 saturated heterocycles. The first kappa shape index (κ1) is 49.0. The Morgan fingerprint density at radius 3 is 1.25 bits per heavy atom. The van der Waals surface area contributed by atoms with E-state index in [1.807, 2.05) is 0 Å². The second kappa shape index (κ2) is 17.8. The summed E-state index contributed by atoms with van der Waals surface area (Å²) in [5.41, 5.74) is 19.5. The molecular weight excluding hydrogens is 917 g/mol. The molecule has 0 N–H and O–H groups in total. The fraction of sp³-hybridized carbons (Fsp3) is 0.216. The van der Waals surface area contributed by atoms with Gasteiger partial charge in [-0.3, -0.25) is 0 Å². The van der Waals surface area contributed by atoms with E-state index in [9.17, 15) is 0 Å². The fourth-order valence-corrected chi connectivity index (χ4v) is 11.7. The summed E-state index contributed by atoms with van der Waals surface area (Å²) in [6, 6.07) is 78.7. The van der Waals surface area contributed by atoms with E-state index in [4.69, 9.17) is 0 Å². The molecule has 376 valence electrons. The maximum atomic E-state index is 2.58. The molecule has 0 aliphatic carbocycles. The summed E-state index contributed by atoms with van der Waals surface area (Å²) < 4.78 is 2.48. The van der Waals surface area contributed by atoms with Crippen LogP contribution in [0, 0.1) is 0 Å². The number of anilines is 3. The summed E-state index contributed by atoms with van der Waals surface area (Å²) in [4.78, 5) is 2.58. The average molecular weight is 987 g/mol. The molecule has 0 aliphatic heterocycles. The summed E-state index contributed by atoms with van der Waals surface area (Å²) in [6.45, 7) is 27.7. The van der Waals surface area contributed by atoms with Gasteiger partial charge >= 0.3 is 0 Å². The molecule has 0 radical (unpaired) electrons. The zero-order valence-electron chi connectivity index (χ0n) is 46.5. The molecule has 76 heavy (non-hydrogen) atoms. The van der Waals surface area contributed by atoms with Crippen molar-refractivity contribution in [3.63, 3.8) is 0 Å². The second-order valence-corrected chi connectivity index (χ2v) is 25.5. The van der Waals surface area contributed by atoms with Crippen LogP contribution in [0.15, 0.2) is 206 Å². The highest BCUT2D eigenvalue weighted by Gasteiger charge is 2.27. The topological polar surface area (TPSA) is 8.17 Å². The molecule has 11 aromatic carbocycles. The maximum Gasteiger partial charge on any atom is 0.0618 e. The highest BCUT2D eigenvalue weighted by Crippen LogP contribution is 2.51. The number of aromatic nitrogens is 1. The van der Waals surface area contributed by atoms with Crippen molar-refractivity contribution in [3.8, 4) is 39.1 Å². The highest BCUT2D eigenvalue weighted by atomic mass is 15.1. The molecule has 1 heterocycles. The lowest BCUT2D eigenvalue weighted by molar-refractivity contribution is 0.569. The molecule has 0 bridgehead atoms. The lowest BCUT2D eigenvalue weighted by Crippen LogP contribution is -2.16. The van der Waals surface area contributed by atoms with Gasteiger partial charge in [0.05, 0.1) is 28.1 Å². The standard InChI is InChI=1S/C74H70N2/c1-71(2,3)53-34-24-48(25-35-53)58-20-17-21-59(49-26-36-54(37-27-49)72(4,5)6)70(58)75(57-38-28-47(29-39-57)52-44-55(73(7,8)9)46-56(45-52)74(10,11)12)66-42-32-50-31-41-63-67(43-33-51-30-40-62(66)68(50)69(51)63)76-64-22-15-13-18-60(64)61-19-14-16-23-65(61)76/h13-46H,1-12H3. The normalized spacial score (nSPS) is 12.7. The first-order valence-electron chi connectivity index (χ1n) is 27.3. The number of rotatable bonds is 7. The molecule has 12 rings (SSSR count). The third-order valence-corrected chi connectivity index (χ3v) is 16.2. The van der Waals surface area contributed by atoms with E-state index in [0.29, 0.717) is 0 Å². The van der Waals surface area contributed by atoms with E-state index in [-0.39, 0.29) is 21.7 Å². The number of nitrogens with zero attached hydrogens (tertiary/aromatic N) is 2. The molecule has 12 aromatic rings. The van der Waals surface area contributed by atoms with Gasteiger partial charge in [0.25, 0.3) is 0 Å². The van der Waals surface area contributed by atoms with Gasteiger partial charge in [0.1, 0.15) is 0 Å². The van der Waals surface area contributed by atoms with E-state index in [2.05, 4.69) is 299 Å². The molecule has 2 heteroatoms. The molecule has 0 atom stereocenters. The van der Waals surface area contributed by atoms with Gasteiger partial charge in [-0.25, -0.2) is 0 Å². The summed E-state index contributed by atoms with van der Waals surface area (Å²) in [6.07, 6.45) is 0. The lowest BCUT2D eigenvalue weighted by Gasteiger charge is -2.32. The number of fused-ring (bicyclic) bond motifs is 3. The van der Waals surface area contributed by atoms with Gasteiger partial charge in [0.2, 0.25) is 0 Å². The van der Waals surface area contributed by atoms with Gasteiger partial charge in [-0.1, -0.05) is 253 Å². The van der Waals surface area contributed by atoms with E-state index < -0.39 is 0 Å². The second-order valence-electron chi connectivity index (χ2n) is 25.5. The maximum absolute atomic E-state index is 2.58. The summed E-state index contributed by atoms with van der Waals surface area (Å²) in [5, 5.41) is 9.98. The zero-order chi connectivity index (χ0) is 53.1. The Kier molecular flexibility index (Phi) is 11.5. The average Bonchev–Trinajstić information content (AvgIpc) is 3.74. The van der Waals surface area contributed by atoms with Crippen LogP contribution < -0.4 is 4.90 Å². The number of para-hydroxylation sites is 3. The van der Waals surface area contributed by atoms with Crippen LogP contribution in [0.4, 0.5) is 17.1 Å². The molecule has 1 aromatic heterocycles. The SMILES string of the molecule is CC(C)(C)c1ccc(-c2cccc(-c3ccc(C(C)(C)C)cc3)c2N(c2ccc(-c3cc(C(C)(C)C)cc(C(C)(C)C)c3)cc2)c2ccc3ccc4c(-n5c6ccccc6c6ccccc65)ccc5ccc2c3c54)cc1. The molecule has 0 amide bonds. The van der Waals surface area contributed by atoms with Crippen LogP contribution in [-0.2, 0) is 21.7 Å². The van der Waals surface area contributed by atoms with Crippen molar-refractivity contribution in [1.82, 2.24) is 4.57 Å². The Labute approximate surface area is 450 Å². The minimum Gasteiger partial charge on any atom is -0.309 e. The minimum absolute atomic E-state index is 0.00225. The highest BCUT2D eigenvalue weighted by molar-refractivity contribution is 6.28. The third-order valence-electron chi connectivity index (χ3n) is 16.2. The zero-order valence-corrected chi connectivity index (χ0v) is 46.5. The number of hydrogen-bond acceptors (Lipinski definition) is 1. The third kappa shape index (κ3) is 8.44. The van der Waals surface area contributed by atoms with Crippen LogP contribution >= 0.6 is 0 Å². The van der Waals surface area contributed by atoms with Crippen molar-refractivity contribution in [1.29, 1.82) is 0 Å². The fourth-order valence-electron chi connectivity index (χ4n) is 11.7. The Hall–Kier alpha value is -7.94. The molecule has 0 saturated carbocycles. The molecule has 0 spiro atoms. The monoisotopic (exact) mass is 987 g/mol. The van der Waals surface area contributed by atoms with Crippen molar-refractivity contribution >= 4 is 71.2 Å². The van der Waals surface area contributed by atoms with Crippen LogP contribution in [-0.4, -0.2) is 4.57 Å². The minimum atomic E-state index is 0.00225. The van der Waals surface area contributed by atoms with Crippen molar-refractivity contribution in [2.24, 2.45) is 0 Å². The predicted octanol–water partition coefficient (Wildman–Crippen LogP) is 21.3. The molecule has 0 unspecified atom stereocenters. The van der Waals surface area contributed by atoms with Crippen LogP contribution in [0.1, 0.15) is 105 Å². The molecular formula is C74H70N2. The van der Waals surface area contributed by atoms with Gasteiger partial charge in [0.15, 0.2) is 0 Å². The van der Waals surface area contributed by atoms with Crippen molar-refractivity contribution in [3.05, 3.63) is 229 Å². The Morgan fingerprint density at radius 2 is 0.750 bits per heavy atom. The van der Waals surface area contributed by atoms with Crippen LogP contribution in [0.3, 0.4) is 0 Å². The van der Waals surface area contributed by atoms with Gasteiger partial charge in [-0.05, 0) is 124 Å². The number of hydrogen-bond donors (Lipinski definition) is 0. The Morgan fingerprint density at radius 1 is 0.316 bits per heavy atom. The van der Waals surface area contributed by atoms with Gasteiger partial charge in [-0.2, -0.15) is 0 Å². The largest absolute Gasteiger partial charge is 0.309 e. The first-order valence-corrected chi connectivity index (χ1v) is 27.3. The van der Waals surface area contributed by atoms with E-state index in [1.165, 1.54) is 115 Å². The Bertz CT molecular complexity index is 3990. The number of benzene rings is 11. The molecule has 0 fully saturated rings. The van der Waals surface area contributed by atoms with Crippen LogP contribution in [0.5, 0.6) is 0 Å². The van der Waals surface area contributed by atoms with E-state index in [0.717, 1.165) is 17.1 Å².